The van der Waals surface area contributed by atoms with Gasteiger partial charge < -0.3 is 10.3 Å². The highest BCUT2D eigenvalue weighted by molar-refractivity contribution is 5.79. The smallest absolute Gasteiger partial charge is 0.223 e. The Hall–Kier alpha value is -1.32. The van der Waals surface area contributed by atoms with Crippen molar-refractivity contribution in [1.29, 1.82) is 0 Å². The van der Waals surface area contributed by atoms with Crippen molar-refractivity contribution in [2.75, 3.05) is 0 Å². The molecule has 0 aliphatic heterocycles. The molecule has 1 atom stereocenters. The standard InChI is InChI=1S/C18H29N3O/c1-18(2,3)13-5-7-14(8-6-13)21-17(22)12-4-9-15-16(10-12)20-11-19-15/h11-14H,4-10H2,1-3H3,(H,19,20)(H,21,22). The van der Waals surface area contributed by atoms with E-state index in [1.54, 1.807) is 6.33 Å². The molecule has 1 aromatic rings. The average Bonchev–Trinajstić information content (AvgIpc) is 2.94. The number of aromatic amines is 1. The van der Waals surface area contributed by atoms with Crippen molar-refractivity contribution in [2.45, 2.75) is 71.8 Å². The number of aryl methyl sites for hydroxylation is 1. The molecule has 0 spiro atoms. The minimum atomic E-state index is 0.119. The van der Waals surface area contributed by atoms with Crippen molar-refractivity contribution in [3.8, 4) is 0 Å². The molecule has 1 heterocycles. The first-order chi connectivity index (χ1) is 10.4. The lowest BCUT2D eigenvalue weighted by Gasteiger charge is -2.37. The fourth-order valence-electron chi connectivity index (χ4n) is 4.05. The van der Waals surface area contributed by atoms with E-state index in [9.17, 15) is 4.79 Å². The molecule has 1 unspecified atom stereocenters. The van der Waals surface area contributed by atoms with Gasteiger partial charge in [0.2, 0.25) is 5.91 Å². The Balaban J connectivity index is 1.49. The molecule has 4 heteroatoms. The van der Waals surface area contributed by atoms with E-state index in [1.165, 1.54) is 12.8 Å². The number of rotatable bonds is 2. The molecule has 0 radical (unpaired) electrons. The SMILES string of the molecule is CC(C)(C)C1CCC(NC(=O)C2CCc3nc[nH]c3C2)CC1. The third kappa shape index (κ3) is 3.36. The van der Waals surface area contributed by atoms with Crippen LogP contribution in [0.3, 0.4) is 0 Å². The van der Waals surface area contributed by atoms with Crippen LogP contribution in [0.1, 0.15) is 64.3 Å². The third-order valence-electron chi connectivity index (χ3n) is 5.66. The Morgan fingerprint density at radius 2 is 1.95 bits per heavy atom. The summed E-state index contributed by atoms with van der Waals surface area (Å²) in [4.78, 5) is 20.0. The average molecular weight is 303 g/mol. The minimum Gasteiger partial charge on any atom is -0.353 e. The maximum Gasteiger partial charge on any atom is 0.223 e. The quantitative estimate of drug-likeness (QED) is 0.881. The fraction of sp³-hybridized carbons (Fsp3) is 0.778. The van der Waals surface area contributed by atoms with Crippen LogP contribution in [0.25, 0.3) is 0 Å². The number of imidazole rings is 1. The Morgan fingerprint density at radius 3 is 2.64 bits per heavy atom. The first-order valence-corrected chi connectivity index (χ1v) is 8.75. The van der Waals surface area contributed by atoms with Gasteiger partial charge >= 0.3 is 0 Å². The van der Waals surface area contributed by atoms with E-state index in [1.807, 2.05) is 0 Å². The van der Waals surface area contributed by atoms with E-state index >= 15 is 0 Å². The number of carbonyl (C=O) groups excluding carboxylic acids is 1. The van der Waals surface area contributed by atoms with Gasteiger partial charge in [0.25, 0.3) is 0 Å². The molecule has 3 rings (SSSR count). The molecule has 0 saturated heterocycles. The molecular formula is C18H29N3O. The van der Waals surface area contributed by atoms with Crippen LogP contribution in [0.4, 0.5) is 0 Å². The number of nitrogens with one attached hydrogen (secondary N) is 2. The number of aromatic nitrogens is 2. The second kappa shape index (κ2) is 6.05. The first kappa shape index (κ1) is 15.6. The zero-order chi connectivity index (χ0) is 15.7. The number of nitrogens with zero attached hydrogens (tertiary/aromatic N) is 1. The number of hydrogen-bond acceptors (Lipinski definition) is 2. The summed E-state index contributed by atoms with van der Waals surface area (Å²) in [5.41, 5.74) is 2.70. The first-order valence-electron chi connectivity index (χ1n) is 8.75. The number of hydrogen-bond donors (Lipinski definition) is 2. The summed E-state index contributed by atoms with van der Waals surface area (Å²) in [5, 5.41) is 3.31. The van der Waals surface area contributed by atoms with Crippen molar-refractivity contribution in [2.24, 2.45) is 17.3 Å². The van der Waals surface area contributed by atoms with Crippen LogP contribution in [0, 0.1) is 17.3 Å². The van der Waals surface area contributed by atoms with E-state index in [0.717, 1.165) is 49.4 Å². The van der Waals surface area contributed by atoms with Gasteiger partial charge in [-0.1, -0.05) is 20.8 Å². The molecule has 122 valence electrons. The Bertz CT molecular complexity index is 521. The van der Waals surface area contributed by atoms with Gasteiger partial charge in [-0.3, -0.25) is 4.79 Å². The molecular weight excluding hydrogens is 274 g/mol. The van der Waals surface area contributed by atoms with Gasteiger partial charge in [0.1, 0.15) is 0 Å². The van der Waals surface area contributed by atoms with Crippen LogP contribution >= 0.6 is 0 Å². The van der Waals surface area contributed by atoms with E-state index in [4.69, 9.17) is 0 Å². The molecule has 2 aliphatic carbocycles. The predicted molar refractivity (Wildman–Crippen MR) is 87.4 cm³/mol. The topological polar surface area (TPSA) is 57.8 Å². The van der Waals surface area contributed by atoms with Gasteiger partial charge in [-0.15, -0.1) is 0 Å². The zero-order valence-corrected chi connectivity index (χ0v) is 14.1. The molecule has 2 aliphatic rings. The van der Waals surface area contributed by atoms with E-state index in [2.05, 4.69) is 36.1 Å². The lowest BCUT2D eigenvalue weighted by Crippen LogP contribution is -2.43. The number of H-pyrrole nitrogens is 1. The monoisotopic (exact) mass is 303 g/mol. The number of carbonyl (C=O) groups is 1. The van der Waals surface area contributed by atoms with E-state index < -0.39 is 0 Å². The molecule has 1 aromatic heterocycles. The number of fused-ring (bicyclic) bond motifs is 1. The van der Waals surface area contributed by atoms with Crippen LogP contribution < -0.4 is 5.32 Å². The maximum absolute atomic E-state index is 12.5. The molecule has 0 aromatic carbocycles. The molecule has 22 heavy (non-hydrogen) atoms. The van der Waals surface area contributed by atoms with Crippen molar-refractivity contribution in [3.05, 3.63) is 17.7 Å². The van der Waals surface area contributed by atoms with Gasteiger partial charge in [0, 0.05) is 24.1 Å². The second-order valence-electron chi connectivity index (χ2n) is 8.19. The van der Waals surface area contributed by atoms with Crippen molar-refractivity contribution in [3.63, 3.8) is 0 Å². The molecule has 0 bridgehead atoms. The summed E-state index contributed by atoms with van der Waals surface area (Å²) in [6.07, 6.45) is 9.17. The lowest BCUT2D eigenvalue weighted by molar-refractivity contribution is -0.126. The Labute approximate surface area is 133 Å². The fourth-order valence-corrected chi connectivity index (χ4v) is 4.05. The number of amides is 1. The highest BCUT2D eigenvalue weighted by Gasteiger charge is 2.32. The molecule has 2 N–H and O–H groups in total. The predicted octanol–water partition coefficient (Wildman–Crippen LogP) is 3.24. The highest BCUT2D eigenvalue weighted by Crippen LogP contribution is 2.37. The molecule has 1 amide bonds. The zero-order valence-electron chi connectivity index (χ0n) is 14.1. The lowest BCUT2D eigenvalue weighted by atomic mass is 9.71. The van der Waals surface area contributed by atoms with Crippen molar-refractivity contribution < 1.29 is 4.79 Å². The molecule has 1 fully saturated rings. The normalized spacial score (nSPS) is 29.0. The summed E-state index contributed by atoms with van der Waals surface area (Å²) < 4.78 is 0. The van der Waals surface area contributed by atoms with Gasteiger partial charge in [-0.2, -0.15) is 0 Å². The minimum absolute atomic E-state index is 0.119. The summed E-state index contributed by atoms with van der Waals surface area (Å²) in [6, 6.07) is 0.384. The van der Waals surface area contributed by atoms with Crippen LogP contribution in [-0.4, -0.2) is 21.9 Å². The van der Waals surface area contributed by atoms with Crippen LogP contribution in [0.5, 0.6) is 0 Å². The van der Waals surface area contributed by atoms with Crippen LogP contribution in [-0.2, 0) is 17.6 Å². The van der Waals surface area contributed by atoms with Crippen LogP contribution in [0.2, 0.25) is 0 Å². The van der Waals surface area contributed by atoms with Gasteiger partial charge in [0.05, 0.1) is 12.0 Å². The Kier molecular flexibility index (Phi) is 4.28. The molecule has 1 saturated carbocycles. The largest absolute Gasteiger partial charge is 0.353 e. The van der Waals surface area contributed by atoms with Crippen LogP contribution in [0.15, 0.2) is 6.33 Å². The van der Waals surface area contributed by atoms with Crippen molar-refractivity contribution >= 4 is 5.91 Å². The summed E-state index contributed by atoms with van der Waals surface area (Å²) >= 11 is 0. The summed E-state index contributed by atoms with van der Waals surface area (Å²) in [6.45, 7) is 7.00. The van der Waals surface area contributed by atoms with Crippen molar-refractivity contribution in [1.82, 2.24) is 15.3 Å². The summed E-state index contributed by atoms with van der Waals surface area (Å²) in [5.74, 6) is 1.16. The molecule has 4 nitrogen and oxygen atoms in total. The maximum atomic E-state index is 12.5. The van der Waals surface area contributed by atoms with Gasteiger partial charge in [-0.25, -0.2) is 4.98 Å². The van der Waals surface area contributed by atoms with Gasteiger partial charge in [0.15, 0.2) is 0 Å². The van der Waals surface area contributed by atoms with E-state index in [-0.39, 0.29) is 11.8 Å². The van der Waals surface area contributed by atoms with E-state index in [0.29, 0.717) is 11.5 Å². The highest BCUT2D eigenvalue weighted by atomic mass is 16.1. The van der Waals surface area contributed by atoms with Gasteiger partial charge in [-0.05, 0) is 49.9 Å². The summed E-state index contributed by atoms with van der Waals surface area (Å²) in [7, 11) is 0. The Morgan fingerprint density at radius 1 is 1.23 bits per heavy atom. The third-order valence-corrected chi connectivity index (χ3v) is 5.66. The second-order valence-corrected chi connectivity index (χ2v) is 8.19.